The van der Waals surface area contributed by atoms with Crippen LogP contribution in [-0.4, -0.2) is 29.2 Å². The molecule has 0 radical (unpaired) electrons. The molecule has 30 heavy (non-hydrogen) atoms. The number of aromatic nitrogens is 2. The molecule has 0 spiro atoms. The Kier molecular flexibility index (Phi) is 6.71. The number of ether oxygens (including phenoxy) is 1. The van der Waals surface area contributed by atoms with E-state index in [2.05, 4.69) is 4.98 Å². The highest BCUT2D eigenvalue weighted by Crippen LogP contribution is 2.25. The Bertz CT molecular complexity index is 1160. The van der Waals surface area contributed by atoms with Gasteiger partial charge in [0.05, 0.1) is 30.3 Å². The van der Waals surface area contributed by atoms with Crippen molar-refractivity contribution in [1.82, 2.24) is 9.55 Å². The summed E-state index contributed by atoms with van der Waals surface area (Å²) in [5.41, 5.74) is 5.61. The standard InChI is InChI=1S/C21H21ClN4O4/c1-30-12-11-25-18(23)17(19(27)24-21(25)29)26(13-14-7-3-2-4-8-14)20(28)15-9-5-6-10-16(15)22/h2-10H,11-13,23H2,1H3,(H,24,27,29). The maximum atomic E-state index is 13.4. The van der Waals surface area contributed by atoms with Crippen molar-refractivity contribution in [3.63, 3.8) is 0 Å². The van der Waals surface area contributed by atoms with Crippen LogP contribution >= 0.6 is 11.6 Å². The quantitative estimate of drug-likeness (QED) is 0.599. The van der Waals surface area contributed by atoms with Crippen molar-refractivity contribution in [3.8, 4) is 0 Å². The van der Waals surface area contributed by atoms with E-state index < -0.39 is 17.2 Å². The third-order valence-corrected chi connectivity index (χ3v) is 4.87. The van der Waals surface area contributed by atoms with Gasteiger partial charge in [-0.1, -0.05) is 54.1 Å². The lowest BCUT2D eigenvalue weighted by Gasteiger charge is -2.25. The monoisotopic (exact) mass is 428 g/mol. The molecule has 0 fully saturated rings. The zero-order valence-electron chi connectivity index (χ0n) is 16.3. The van der Waals surface area contributed by atoms with Gasteiger partial charge in [-0.3, -0.25) is 24.0 Å². The number of nitrogens with two attached hydrogens (primary N) is 1. The molecule has 0 bridgehead atoms. The Morgan fingerprint density at radius 2 is 1.80 bits per heavy atom. The Morgan fingerprint density at radius 1 is 1.13 bits per heavy atom. The van der Waals surface area contributed by atoms with Crippen LogP contribution in [0.5, 0.6) is 0 Å². The van der Waals surface area contributed by atoms with E-state index in [1.807, 2.05) is 30.3 Å². The summed E-state index contributed by atoms with van der Waals surface area (Å²) >= 11 is 6.22. The molecule has 0 atom stereocenters. The molecule has 0 saturated heterocycles. The number of nitrogens with zero attached hydrogens (tertiary/aromatic N) is 2. The van der Waals surface area contributed by atoms with Crippen LogP contribution in [0, 0.1) is 0 Å². The lowest BCUT2D eigenvalue weighted by Crippen LogP contribution is -2.41. The number of amides is 1. The van der Waals surface area contributed by atoms with Crippen molar-refractivity contribution in [2.24, 2.45) is 0 Å². The van der Waals surface area contributed by atoms with E-state index in [1.54, 1.807) is 24.3 Å². The molecule has 0 unspecified atom stereocenters. The number of nitrogen functional groups attached to an aromatic ring is 1. The van der Waals surface area contributed by atoms with E-state index >= 15 is 0 Å². The number of carbonyl (C=O) groups is 1. The molecule has 156 valence electrons. The van der Waals surface area contributed by atoms with Crippen LogP contribution in [0.15, 0.2) is 64.2 Å². The van der Waals surface area contributed by atoms with Crippen molar-refractivity contribution < 1.29 is 9.53 Å². The van der Waals surface area contributed by atoms with Gasteiger partial charge in [-0.15, -0.1) is 0 Å². The molecule has 1 amide bonds. The van der Waals surface area contributed by atoms with Crippen molar-refractivity contribution in [3.05, 3.63) is 91.6 Å². The topological polar surface area (TPSA) is 110 Å². The van der Waals surface area contributed by atoms with Crippen molar-refractivity contribution in [2.75, 3.05) is 24.4 Å². The van der Waals surface area contributed by atoms with Gasteiger partial charge in [0.15, 0.2) is 5.69 Å². The molecule has 2 aromatic carbocycles. The van der Waals surface area contributed by atoms with Gasteiger partial charge < -0.3 is 10.5 Å². The minimum absolute atomic E-state index is 0.0562. The van der Waals surface area contributed by atoms with Gasteiger partial charge in [-0.25, -0.2) is 4.79 Å². The summed E-state index contributed by atoms with van der Waals surface area (Å²) in [5, 5.41) is 0.239. The van der Waals surface area contributed by atoms with Gasteiger partial charge in [0.25, 0.3) is 11.5 Å². The Morgan fingerprint density at radius 3 is 2.47 bits per heavy atom. The summed E-state index contributed by atoms with van der Waals surface area (Å²) < 4.78 is 6.17. The Hall–Kier alpha value is -3.36. The molecule has 0 aliphatic rings. The van der Waals surface area contributed by atoms with Crippen LogP contribution in [0.1, 0.15) is 15.9 Å². The zero-order valence-corrected chi connectivity index (χ0v) is 17.1. The third kappa shape index (κ3) is 4.45. The highest BCUT2D eigenvalue weighted by Gasteiger charge is 2.26. The van der Waals surface area contributed by atoms with Crippen molar-refractivity contribution in [1.29, 1.82) is 0 Å². The average molecular weight is 429 g/mol. The van der Waals surface area contributed by atoms with E-state index in [1.165, 1.54) is 12.0 Å². The highest BCUT2D eigenvalue weighted by molar-refractivity contribution is 6.34. The number of benzene rings is 2. The summed E-state index contributed by atoms with van der Waals surface area (Å²) in [5.74, 6) is -0.643. The molecule has 3 aromatic rings. The fraction of sp³-hybridized carbons (Fsp3) is 0.190. The molecular formula is C21H21ClN4O4. The van der Waals surface area contributed by atoms with Crippen molar-refractivity contribution in [2.45, 2.75) is 13.1 Å². The zero-order chi connectivity index (χ0) is 21.7. The fourth-order valence-corrected chi connectivity index (χ4v) is 3.26. The van der Waals surface area contributed by atoms with Gasteiger partial charge in [0, 0.05) is 7.11 Å². The molecule has 0 aliphatic heterocycles. The maximum Gasteiger partial charge on any atom is 0.330 e. The van der Waals surface area contributed by atoms with Crippen LogP contribution in [0.3, 0.4) is 0 Å². The number of H-pyrrole nitrogens is 1. The number of methoxy groups -OCH3 is 1. The highest BCUT2D eigenvalue weighted by atomic mass is 35.5. The lowest BCUT2D eigenvalue weighted by atomic mass is 10.1. The van der Waals surface area contributed by atoms with Gasteiger partial charge in [0.1, 0.15) is 5.82 Å². The number of hydrogen-bond acceptors (Lipinski definition) is 5. The lowest BCUT2D eigenvalue weighted by molar-refractivity contribution is 0.0985. The molecule has 3 N–H and O–H groups in total. The van der Waals surface area contributed by atoms with Crippen LogP contribution < -0.4 is 21.9 Å². The average Bonchev–Trinajstić information content (AvgIpc) is 2.73. The number of anilines is 2. The molecule has 8 nitrogen and oxygen atoms in total. The largest absolute Gasteiger partial charge is 0.383 e. The summed E-state index contributed by atoms with van der Waals surface area (Å²) in [6.07, 6.45) is 0. The van der Waals surface area contributed by atoms with Gasteiger partial charge in [0.2, 0.25) is 0 Å². The van der Waals surface area contributed by atoms with Crippen LogP contribution in [0.4, 0.5) is 11.5 Å². The van der Waals surface area contributed by atoms with E-state index in [0.717, 1.165) is 10.1 Å². The third-order valence-electron chi connectivity index (χ3n) is 4.54. The molecular weight excluding hydrogens is 408 g/mol. The first-order valence-electron chi connectivity index (χ1n) is 9.16. The first-order valence-corrected chi connectivity index (χ1v) is 9.53. The van der Waals surface area contributed by atoms with Gasteiger partial charge in [-0.05, 0) is 17.7 Å². The Balaban J connectivity index is 2.17. The van der Waals surface area contributed by atoms with Crippen LogP contribution in [-0.2, 0) is 17.8 Å². The number of halogens is 1. The first kappa shape index (κ1) is 21.4. The Labute approximate surface area is 177 Å². The number of nitrogens with one attached hydrogen (secondary N) is 1. The van der Waals surface area contributed by atoms with E-state index in [4.69, 9.17) is 22.1 Å². The smallest absolute Gasteiger partial charge is 0.330 e. The molecule has 1 aromatic heterocycles. The molecule has 9 heteroatoms. The SMILES string of the molecule is COCCn1c(N)c(N(Cc2ccccc2)C(=O)c2ccccc2Cl)c(=O)[nH]c1=O. The normalized spacial score (nSPS) is 10.7. The molecule has 3 rings (SSSR count). The molecule has 0 aliphatic carbocycles. The minimum Gasteiger partial charge on any atom is -0.383 e. The summed E-state index contributed by atoms with van der Waals surface area (Å²) in [7, 11) is 1.48. The fourth-order valence-electron chi connectivity index (χ4n) is 3.04. The second-order valence-corrected chi connectivity index (χ2v) is 6.90. The molecule has 0 saturated carbocycles. The molecule has 1 heterocycles. The van der Waals surface area contributed by atoms with E-state index in [9.17, 15) is 14.4 Å². The predicted octanol–water partition coefficient (Wildman–Crippen LogP) is 2.27. The first-order chi connectivity index (χ1) is 14.4. The number of hydrogen-bond donors (Lipinski definition) is 2. The summed E-state index contributed by atoms with van der Waals surface area (Å²) in [4.78, 5) is 41.8. The second-order valence-electron chi connectivity index (χ2n) is 6.49. The maximum absolute atomic E-state index is 13.4. The second kappa shape index (κ2) is 9.43. The van der Waals surface area contributed by atoms with Crippen molar-refractivity contribution >= 4 is 29.0 Å². The van der Waals surface area contributed by atoms with Crippen LogP contribution in [0.25, 0.3) is 0 Å². The minimum atomic E-state index is -0.762. The number of rotatable bonds is 7. The summed E-state index contributed by atoms with van der Waals surface area (Å²) in [6, 6.07) is 15.6. The summed E-state index contributed by atoms with van der Waals surface area (Å²) in [6.45, 7) is 0.373. The van der Waals surface area contributed by atoms with Crippen LogP contribution in [0.2, 0.25) is 5.02 Å². The predicted molar refractivity (Wildman–Crippen MR) is 116 cm³/mol. The van der Waals surface area contributed by atoms with E-state index in [0.29, 0.717) is 0 Å². The van der Waals surface area contributed by atoms with Gasteiger partial charge >= 0.3 is 5.69 Å². The van der Waals surface area contributed by atoms with Gasteiger partial charge in [-0.2, -0.15) is 0 Å². The number of aromatic amines is 1. The van der Waals surface area contributed by atoms with E-state index in [-0.39, 0.29) is 41.8 Å². The number of carbonyl (C=O) groups excluding carboxylic acids is 1.